The molecule has 548 valence electrons. The van der Waals surface area contributed by atoms with Crippen LogP contribution >= 0.6 is 0 Å². The van der Waals surface area contributed by atoms with Gasteiger partial charge in [0.15, 0.2) is 0 Å². The first kappa shape index (κ1) is 74.0. The van der Waals surface area contributed by atoms with Gasteiger partial charge in [-0.15, -0.1) is 0 Å². The Morgan fingerprint density at radius 3 is 1.32 bits per heavy atom. The molecule has 0 N–H and O–H groups in total. The lowest BCUT2D eigenvalue weighted by Crippen LogP contribution is -2.58. The zero-order valence-corrected chi connectivity index (χ0v) is 62.3. The molecule has 18 rings (SSSR count). The molecule has 0 saturated heterocycles. The molecule has 18 fully saturated rings. The highest BCUT2D eigenvalue weighted by molar-refractivity contribution is 5.83. The number of ether oxygens (including phenoxy) is 6. The molecular formula is C87H128O12. The molecule has 24 atom stereocenters. The van der Waals surface area contributed by atoms with Gasteiger partial charge in [-0.3, -0.25) is 0 Å². The molecule has 99 heavy (non-hydrogen) atoms. The van der Waals surface area contributed by atoms with Crippen molar-refractivity contribution in [2.24, 2.45) is 130 Å². The Kier molecular flexibility index (Phi) is 22.0. The van der Waals surface area contributed by atoms with Crippen LogP contribution in [0.15, 0.2) is 75.9 Å². The van der Waals surface area contributed by atoms with Crippen LogP contribution < -0.4 is 0 Å². The highest BCUT2D eigenvalue weighted by atomic mass is 16.6. The summed E-state index contributed by atoms with van der Waals surface area (Å²) in [6, 6.07) is 0. The van der Waals surface area contributed by atoms with Gasteiger partial charge in [0.1, 0.15) is 33.6 Å². The van der Waals surface area contributed by atoms with Gasteiger partial charge in [0.05, 0.1) is 0 Å². The van der Waals surface area contributed by atoms with Crippen LogP contribution in [0, 0.1) is 130 Å². The largest absolute Gasteiger partial charge is 0.456 e. The van der Waals surface area contributed by atoms with Crippen LogP contribution in [0.2, 0.25) is 0 Å². The normalized spacial score (nSPS) is 45.7. The lowest BCUT2D eigenvalue weighted by molar-refractivity contribution is -0.202. The minimum absolute atomic E-state index is 0.145. The highest BCUT2D eigenvalue weighted by Crippen LogP contribution is 2.71. The van der Waals surface area contributed by atoms with E-state index in [0.717, 1.165) is 159 Å². The molecule has 18 aliphatic rings. The lowest BCUT2D eigenvalue weighted by atomic mass is 9.45. The van der Waals surface area contributed by atoms with Crippen molar-refractivity contribution in [2.45, 2.75) is 300 Å². The number of carbonyl (C=O) groups excluding carboxylic acids is 6. The van der Waals surface area contributed by atoms with Gasteiger partial charge < -0.3 is 28.4 Å². The summed E-state index contributed by atoms with van der Waals surface area (Å²) in [4.78, 5) is 68.8. The summed E-state index contributed by atoms with van der Waals surface area (Å²) < 4.78 is 34.2. The van der Waals surface area contributed by atoms with Gasteiger partial charge in [0.25, 0.3) is 0 Å². The van der Waals surface area contributed by atoms with Crippen molar-refractivity contribution in [2.75, 3.05) is 0 Å². The van der Waals surface area contributed by atoms with E-state index < -0.39 is 0 Å². The van der Waals surface area contributed by atoms with Crippen molar-refractivity contribution in [1.29, 1.82) is 0 Å². The third-order valence-corrected chi connectivity index (χ3v) is 31.7. The van der Waals surface area contributed by atoms with E-state index in [-0.39, 0.29) is 74.8 Å². The zero-order chi connectivity index (χ0) is 70.6. The van der Waals surface area contributed by atoms with Crippen LogP contribution in [-0.4, -0.2) is 69.4 Å². The first-order valence-electron chi connectivity index (χ1n) is 40.4. The van der Waals surface area contributed by atoms with Crippen molar-refractivity contribution in [1.82, 2.24) is 0 Å². The monoisotopic (exact) mass is 1360 g/mol. The van der Waals surface area contributed by atoms with E-state index in [1.165, 1.54) is 191 Å². The predicted molar refractivity (Wildman–Crippen MR) is 387 cm³/mol. The maximum Gasteiger partial charge on any atom is 0.330 e. The maximum absolute atomic E-state index is 11.9. The Labute approximate surface area is 596 Å². The van der Waals surface area contributed by atoms with Gasteiger partial charge in [-0.25, -0.2) is 28.8 Å². The fraction of sp³-hybridized carbons (Fsp3) is 0.793. The van der Waals surface area contributed by atoms with Gasteiger partial charge in [-0.05, 0) is 333 Å². The van der Waals surface area contributed by atoms with E-state index >= 15 is 0 Å². The summed E-state index contributed by atoms with van der Waals surface area (Å²) in [6.07, 6.45) is 50.8. The molecule has 12 nitrogen and oxygen atoms in total. The highest BCUT2D eigenvalue weighted by Gasteiger charge is 2.68. The number of esters is 6. The third kappa shape index (κ3) is 14.2. The van der Waals surface area contributed by atoms with Crippen LogP contribution in [0.5, 0.6) is 0 Å². The summed E-state index contributed by atoms with van der Waals surface area (Å²) in [5.74, 6) is 15.7. The lowest BCUT2D eigenvalue weighted by Gasteiger charge is -2.62. The number of rotatable bonds is 18. The summed E-state index contributed by atoms with van der Waals surface area (Å²) in [6.45, 7) is 36.1. The number of unbranched alkanes of at least 4 members (excludes halogenated alkanes) is 1. The van der Waals surface area contributed by atoms with E-state index in [4.69, 9.17) is 28.4 Å². The fourth-order valence-electron chi connectivity index (χ4n) is 28.3. The fourth-order valence-corrected chi connectivity index (χ4v) is 28.3. The second kappa shape index (κ2) is 29.4. The SMILES string of the molecule is C=CC(=O)OC(C)(CCCC)C12CC3CC(CC(C3)C1)C2.C=CC(=O)OC1(C)CC2CC1C1C3CCC(C3)C21.C=CC(=O)OC1(C)CC2CC1C1CCCC21.C=CC(=O)OC1(C)CC2CCC1C2.C=CC(=O)OC1(CC)CC2CC1C1CCCC21.C=CC(=O)OC1(CC)CC2CCC1C2. The molecule has 24 unspecified atom stereocenters. The van der Waals surface area contributed by atoms with Crippen molar-refractivity contribution >= 4 is 35.8 Å². The van der Waals surface area contributed by atoms with E-state index in [0.29, 0.717) is 29.6 Å². The summed E-state index contributed by atoms with van der Waals surface area (Å²) in [5.41, 5.74) is -0.910. The third-order valence-electron chi connectivity index (χ3n) is 31.7. The van der Waals surface area contributed by atoms with Crippen molar-refractivity contribution < 1.29 is 57.2 Å². The van der Waals surface area contributed by atoms with Gasteiger partial charge >= 0.3 is 35.8 Å². The minimum atomic E-state index is -0.287. The van der Waals surface area contributed by atoms with Gasteiger partial charge in [-0.2, -0.15) is 0 Å². The average molecular weight is 1370 g/mol. The average Bonchev–Trinajstić information content (AvgIpc) is 1.59. The molecule has 18 aliphatic carbocycles. The number of hydrogen-bond acceptors (Lipinski definition) is 12. The maximum atomic E-state index is 11.9. The zero-order valence-electron chi connectivity index (χ0n) is 62.3. The first-order chi connectivity index (χ1) is 47.3. The molecule has 0 heterocycles. The minimum Gasteiger partial charge on any atom is -0.456 e. The Morgan fingerprint density at radius 2 is 0.828 bits per heavy atom. The first-order valence-corrected chi connectivity index (χ1v) is 40.4. The molecule has 18 saturated carbocycles. The summed E-state index contributed by atoms with van der Waals surface area (Å²) in [7, 11) is 0. The van der Waals surface area contributed by atoms with Crippen molar-refractivity contribution in [3.63, 3.8) is 0 Å². The summed E-state index contributed by atoms with van der Waals surface area (Å²) >= 11 is 0. The van der Waals surface area contributed by atoms with Gasteiger partial charge in [0.2, 0.25) is 0 Å². The molecule has 0 amide bonds. The van der Waals surface area contributed by atoms with Crippen LogP contribution in [-0.2, 0) is 57.2 Å². The quantitative estimate of drug-likeness (QED) is 0.0554. The molecular weight excluding hydrogens is 1240 g/mol. The van der Waals surface area contributed by atoms with Crippen LogP contribution in [0.3, 0.4) is 0 Å². The van der Waals surface area contributed by atoms with E-state index in [9.17, 15) is 28.8 Å². The Morgan fingerprint density at radius 1 is 0.384 bits per heavy atom. The Hall–Kier alpha value is -4.74. The molecule has 12 heteroatoms. The molecule has 0 aromatic heterocycles. The summed E-state index contributed by atoms with van der Waals surface area (Å²) in [5, 5.41) is 0. The smallest absolute Gasteiger partial charge is 0.330 e. The van der Waals surface area contributed by atoms with Crippen molar-refractivity contribution in [3.05, 3.63) is 75.9 Å². The Bertz CT molecular complexity index is 3020. The van der Waals surface area contributed by atoms with Crippen LogP contribution in [0.4, 0.5) is 0 Å². The number of hydrogen-bond donors (Lipinski definition) is 0. The number of fused-ring (bicyclic) bond motifs is 23. The van der Waals surface area contributed by atoms with Crippen molar-refractivity contribution in [3.8, 4) is 0 Å². The Balaban J connectivity index is 0.000000114. The predicted octanol–water partition coefficient (Wildman–Crippen LogP) is 19.3. The molecule has 0 spiro atoms. The van der Waals surface area contributed by atoms with Crippen LogP contribution in [0.1, 0.15) is 267 Å². The standard InChI is InChI=1S/C19H30O2.C16H22O2.C15H22O2.C14H20O2.C12H18O2.C11H16O2/c1-4-6-7-18(3,21-17(20)5-2)19-11-14-8-15(12-19)10-16(9-14)13-19;1-3-13(17)18-16(2)8-11-7-12(16)15-10-5-4-9(6-10)14(11)15;1-3-14(16)17-15(4-2)9-10-8-13(15)12-7-5-6-11(10)12;1-3-13(15)16-14(2)8-9-7-12(14)11-6-4-5-10(9)11;1-3-11(13)14-12(4-2)8-9-5-6-10(12)7-9;1-3-10(12)13-11(2)7-8-4-5-9(11)6-8/h5,14-16H,2,4,6-13H2,1,3H3;3,9-12,14-15H,1,4-8H2,2H3;3,10-13H,1,4-9H2,2H3;3,9-12H,1,4-8H2,2H3;3,9-10H,1,4-8H2,2H3;3,8-9H,1,4-7H2,2H3. The second-order valence-corrected chi connectivity index (χ2v) is 36.6. The van der Waals surface area contributed by atoms with Gasteiger partial charge in [-0.1, -0.05) is 79.5 Å². The second-order valence-electron chi connectivity index (χ2n) is 36.6. The van der Waals surface area contributed by atoms with E-state index in [1.54, 1.807) is 0 Å². The molecule has 0 aromatic carbocycles. The number of carbonyl (C=O) groups is 6. The molecule has 0 radical (unpaired) electrons. The molecule has 16 bridgehead atoms. The van der Waals surface area contributed by atoms with Gasteiger partial charge in [0, 0.05) is 59.6 Å². The van der Waals surface area contributed by atoms with E-state index in [1.807, 2.05) is 0 Å². The molecule has 0 aliphatic heterocycles. The topological polar surface area (TPSA) is 158 Å². The van der Waals surface area contributed by atoms with Crippen LogP contribution in [0.25, 0.3) is 0 Å². The molecule has 0 aromatic rings. The van der Waals surface area contributed by atoms with E-state index in [2.05, 4.69) is 87.9 Å².